The monoisotopic (exact) mass is 754 g/mol. The first-order valence-corrected chi connectivity index (χ1v) is 20.8. The van der Waals surface area contributed by atoms with Crippen LogP contribution in [0.2, 0.25) is 18.1 Å². The molecule has 15 nitrogen and oxygen atoms in total. The van der Waals surface area contributed by atoms with Gasteiger partial charge in [0, 0.05) is 39.9 Å². The van der Waals surface area contributed by atoms with E-state index in [4.69, 9.17) is 56.5 Å². The lowest BCUT2D eigenvalue weighted by Gasteiger charge is -2.52. The molecule has 12 atom stereocenters. The highest BCUT2D eigenvalue weighted by atomic mass is 28.4. The van der Waals surface area contributed by atoms with Crippen LogP contribution >= 0.6 is 0 Å². The third-order valence-corrected chi connectivity index (χ3v) is 14.2. The maximum atomic E-state index is 12.4. The maximum Gasteiger partial charge on any atom is 0.303 e. The largest absolute Gasteiger partial charge is 0.463 e. The Kier molecular flexibility index (Phi) is 12.9. The molecular formula is C36H54O15Si. The molecule has 0 amide bonds. The van der Waals surface area contributed by atoms with Crippen LogP contribution in [0, 0.1) is 0 Å². The number of esters is 3. The van der Waals surface area contributed by atoms with Crippen molar-refractivity contribution in [2.24, 2.45) is 0 Å². The molecule has 1 aromatic rings. The molecule has 292 valence electrons. The highest BCUT2D eigenvalue weighted by Gasteiger charge is 2.62. The first-order valence-electron chi connectivity index (χ1n) is 17.8. The molecule has 16 heteroatoms. The fourth-order valence-electron chi connectivity index (χ4n) is 6.35. The standard InChI is InChI=1S/C36H54O15Si/c1-11-17-40-33-31(29(51-52(9,10)35(5,6)7)27-25(45-33)19-42-32(47-27)23-15-13-12-14-16-23)49-36(8)48-30-28(44-22(4)39)26(43-21(3)38)24(18-41-20(2)37)46-34(30)50-36/h12-16,24-34H,11,17-19H2,1-10H3/t24-,25-,26-,27-,28+,29+,30-,31-,32?,33+,34-,36?/m1/s1. The summed E-state index contributed by atoms with van der Waals surface area (Å²) < 4.78 is 74.8. The number of rotatable bonds is 12. The molecule has 0 saturated carbocycles. The van der Waals surface area contributed by atoms with Crippen LogP contribution in [-0.4, -0.2) is 113 Å². The summed E-state index contributed by atoms with van der Waals surface area (Å²) in [7, 11) is -2.53. The van der Waals surface area contributed by atoms with Crippen LogP contribution in [0.5, 0.6) is 0 Å². The smallest absolute Gasteiger partial charge is 0.303 e. The Hall–Kier alpha value is -2.51. The first-order chi connectivity index (χ1) is 24.4. The van der Waals surface area contributed by atoms with Gasteiger partial charge in [0.2, 0.25) is 0 Å². The highest BCUT2D eigenvalue weighted by molar-refractivity contribution is 6.74. The average molecular weight is 755 g/mol. The van der Waals surface area contributed by atoms with Gasteiger partial charge in [0.25, 0.3) is 5.97 Å². The summed E-state index contributed by atoms with van der Waals surface area (Å²) in [4.78, 5) is 36.3. The Balaban J connectivity index is 1.50. The van der Waals surface area contributed by atoms with Crippen LogP contribution < -0.4 is 0 Å². The van der Waals surface area contributed by atoms with E-state index in [2.05, 4.69) is 33.9 Å². The van der Waals surface area contributed by atoms with Crippen molar-refractivity contribution in [1.29, 1.82) is 0 Å². The number of carbonyl (C=O) groups excluding carboxylic acids is 3. The van der Waals surface area contributed by atoms with Crippen LogP contribution in [0.1, 0.15) is 73.7 Å². The maximum absolute atomic E-state index is 12.4. The van der Waals surface area contributed by atoms with Gasteiger partial charge in [0.15, 0.2) is 45.5 Å². The van der Waals surface area contributed by atoms with E-state index in [0.717, 1.165) is 5.56 Å². The summed E-state index contributed by atoms with van der Waals surface area (Å²) in [5.41, 5.74) is 0.839. The van der Waals surface area contributed by atoms with Gasteiger partial charge >= 0.3 is 17.9 Å². The van der Waals surface area contributed by atoms with Gasteiger partial charge in [0.05, 0.1) is 6.61 Å². The van der Waals surface area contributed by atoms with Crippen molar-refractivity contribution in [2.45, 2.75) is 154 Å². The summed E-state index contributed by atoms with van der Waals surface area (Å²) in [6.07, 6.45) is -9.69. The lowest BCUT2D eigenvalue weighted by Crippen LogP contribution is -2.67. The minimum absolute atomic E-state index is 0.192. The molecule has 0 radical (unpaired) electrons. The van der Waals surface area contributed by atoms with Crippen molar-refractivity contribution >= 4 is 26.2 Å². The van der Waals surface area contributed by atoms with Crippen LogP contribution in [-0.2, 0) is 70.9 Å². The van der Waals surface area contributed by atoms with Gasteiger partial charge in [-0.05, 0) is 24.6 Å². The topological polar surface area (TPSA) is 162 Å². The SMILES string of the molecule is CCCO[C@H]1O[C@@H]2COC(c3ccccc3)O[C@H]2[C@H](O[Si](C)(C)C(C)(C)C)[C@H]1OC1(C)O[C@H]2O[C@H](COC(C)=O)[C@@H](OC(C)=O)[C@H](OC(C)=O)[C@H]2O1. The molecule has 2 unspecified atom stereocenters. The van der Waals surface area contributed by atoms with E-state index >= 15 is 0 Å². The second-order valence-corrected chi connectivity index (χ2v) is 19.8. The Bertz CT molecular complexity index is 1390. The molecule has 4 fully saturated rings. The quantitative estimate of drug-likeness (QED) is 0.169. The van der Waals surface area contributed by atoms with Gasteiger partial charge in [-0.3, -0.25) is 19.1 Å². The zero-order valence-corrected chi connectivity index (χ0v) is 32.7. The number of benzene rings is 1. The third kappa shape index (κ3) is 9.40. The molecule has 0 aromatic heterocycles. The van der Waals surface area contributed by atoms with Crippen molar-refractivity contribution in [1.82, 2.24) is 0 Å². The molecule has 4 heterocycles. The summed E-state index contributed by atoms with van der Waals surface area (Å²) >= 11 is 0. The van der Waals surface area contributed by atoms with Crippen molar-refractivity contribution in [2.75, 3.05) is 19.8 Å². The van der Waals surface area contributed by atoms with Crippen LogP contribution in [0.4, 0.5) is 0 Å². The van der Waals surface area contributed by atoms with E-state index in [9.17, 15) is 14.4 Å². The predicted octanol–water partition coefficient (Wildman–Crippen LogP) is 4.27. The van der Waals surface area contributed by atoms with Crippen molar-refractivity contribution in [3.05, 3.63) is 35.9 Å². The van der Waals surface area contributed by atoms with Crippen LogP contribution in [0.15, 0.2) is 30.3 Å². The molecule has 1 aromatic carbocycles. The number of carbonyl (C=O) groups is 3. The first kappa shape index (κ1) is 40.7. The molecule has 0 spiro atoms. The average Bonchev–Trinajstić information content (AvgIpc) is 3.40. The fraction of sp³-hybridized carbons (Fsp3) is 0.750. The summed E-state index contributed by atoms with van der Waals surface area (Å²) in [6, 6.07) is 9.61. The summed E-state index contributed by atoms with van der Waals surface area (Å²) in [5, 5.41) is -0.192. The van der Waals surface area contributed by atoms with Gasteiger partial charge in [-0.25, -0.2) is 0 Å². The lowest BCUT2D eigenvalue weighted by atomic mass is 9.97. The second-order valence-electron chi connectivity index (χ2n) is 15.1. The molecule has 4 aliphatic rings. The molecule has 0 aliphatic carbocycles. The molecular weight excluding hydrogens is 700 g/mol. The third-order valence-electron chi connectivity index (χ3n) is 9.76. The Morgan fingerprint density at radius 1 is 0.865 bits per heavy atom. The van der Waals surface area contributed by atoms with E-state index in [1.54, 1.807) is 6.92 Å². The molecule has 4 aliphatic heterocycles. The van der Waals surface area contributed by atoms with E-state index in [1.165, 1.54) is 20.8 Å². The van der Waals surface area contributed by atoms with E-state index in [1.807, 2.05) is 37.3 Å². The number of hydrogen-bond acceptors (Lipinski definition) is 15. The summed E-state index contributed by atoms with van der Waals surface area (Å²) in [6.45, 7) is 18.1. The molecule has 0 bridgehead atoms. The molecule has 4 saturated heterocycles. The minimum atomic E-state index is -2.53. The van der Waals surface area contributed by atoms with Gasteiger partial charge in [0.1, 0.15) is 37.1 Å². The summed E-state index contributed by atoms with van der Waals surface area (Å²) in [5.74, 6) is -3.78. The Morgan fingerprint density at radius 3 is 2.15 bits per heavy atom. The molecule has 0 N–H and O–H groups in total. The highest BCUT2D eigenvalue weighted by Crippen LogP contribution is 2.46. The van der Waals surface area contributed by atoms with Gasteiger partial charge < -0.3 is 51.8 Å². The number of ether oxygens (including phenoxy) is 11. The van der Waals surface area contributed by atoms with Crippen LogP contribution in [0.3, 0.4) is 0 Å². The van der Waals surface area contributed by atoms with Crippen molar-refractivity contribution < 1.29 is 70.9 Å². The zero-order valence-electron chi connectivity index (χ0n) is 31.7. The Labute approximate surface area is 306 Å². The van der Waals surface area contributed by atoms with E-state index in [-0.39, 0.29) is 18.3 Å². The predicted molar refractivity (Wildman–Crippen MR) is 183 cm³/mol. The van der Waals surface area contributed by atoms with Crippen LogP contribution in [0.25, 0.3) is 0 Å². The van der Waals surface area contributed by atoms with Crippen molar-refractivity contribution in [3.63, 3.8) is 0 Å². The second kappa shape index (κ2) is 16.5. The van der Waals surface area contributed by atoms with Crippen molar-refractivity contribution in [3.8, 4) is 0 Å². The van der Waals surface area contributed by atoms with E-state index in [0.29, 0.717) is 13.0 Å². The Morgan fingerprint density at radius 2 is 1.54 bits per heavy atom. The lowest BCUT2D eigenvalue weighted by molar-refractivity contribution is -0.421. The minimum Gasteiger partial charge on any atom is -0.463 e. The van der Waals surface area contributed by atoms with Gasteiger partial charge in [-0.15, -0.1) is 0 Å². The fourth-order valence-corrected chi connectivity index (χ4v) is 7.65. The molecule has 5 rings (SSSR count). The normalized spacial score (nSPS) is 36.3. The number of fused-ring (bicyclic) bond motifs is 2. The van der Waals surface area contributed by atoms with E-state index < -0.39 is 99.9 Å². The molecule has 52 heavy (non-hydrogen) atoms. The van der Waals surface area contributed by atoms with Gasteiger partial charge in [-0.1, -0.05) is 58.0 Å². The number of hydrogen-bond donors (Lipinski definition) is 0. The zero-order chi connectivity index (χ0) is 38.0. The van der Waals surface area contributed by atoms with Gasteiger partial charge in [-0.2, -0.15) is 0 Å².